The lowest BCUT2D eigenvalue weighted by Gasteiger charge is -2.31. The summed E-state index contributed by atoms with van der Waals surface area (Å²) in [6.07, 6.45) is 2.39. The Hall–Kier alpha value is -3.12. The zero-order valence-electron chi connectivity index (χ0n) is 15.0. The van der Waals surface area contributed by atoms with Crippen LogP contribution in [0, 0.1) is 0 Å². The highest BCUT2D eigenvalue weighted by atomic mass is 35.5. The van der Waals surface area contributed by atoms with Gasteiger partial charge >= 0.3 is 6.03 Å². The first-order valence-electron chi connectivity index (χ1n) is 8.96. The molecule has 0 aliphatic carbocycles. The molecule has 0 atom stereocenters. The van der Waals surface area contributed by atoms with Crippen LogP contribution in [0.5, 0.6) is 0 Å². The molecule has 0 radical (unpaired) electrons. The SMILES string of the molecule is O=C1NC(=O)N(Cc2ccccc2Cl)C(=O)C1=CN1CCc2ccccc2C1. The molecule has 2 aliphatic heterocycles. The highest BCUT2D eigenvalue weighted by Gasteiger charge is 2.36. The molecule has 142 valence electrons. The van der Waals surface area contributed by atoms with E-state index in [0.29, 0.717) is 23.7 Å². The number of nitrogens with one attached hydrogen (secondary N) is 1. The molecule has 2 aromatic rings. The van der Waals surface area contributed by atoms with Crippen LogP contribution in [0.3, 0.4) is 0 Å². The van der Waals surface area contributed by atoms with Crippen LogP contribution in [0.1, 0.15) is 16.7 Å². The Balaban J connectivity index is 1.58. The Bertz CT molecular complexity index is 1000. The van der Waals surface area contributed by atoms with Gasteiger partial charge in [0.1, 0.15) is 5.57 Å². The van der Waals surface area contributed by atoms with Crippen LogP contribution in [0.25, 0.3) is 0 Å². The largest absolute Gasteiger partial charge is 0.372 e. The van der Waals surface area contributed by atoms with Crippen molar-refractivity contribution in [1.29, 1.82) is 0 Å². The van der Waals surface area contributed by atoms with Crippen molar-refractivity contribution in [2.45, 2.75) is 19.5 Å². The van der Waals surface area contributed by atoms with Crippen molar-refractivity contribution >= 4 is 29.4 Å². The van der Waals surface area contributed by atoms with Gasteiger partial charge in [-0.1, -0.05) is 54.1 Å². The molecule has 1 fully saturated rings. The van der Waals surface area contributed by atoms with Crippen LogP contribution in [0.4, 0.5) is 4.79 Å². The standard InChI is InChI=1S/C21H18ClN3O3/c22-18-8-4-3-7-16(18)12-25-20(27)17(19(26)23-21(25)28)13-24-10-9-14-5-1-2-6-15(14)11-24/h1-8,13H,9-12H2,(H,23,26,28). The first kappa shape index (κ1) is 18.3. The fourth-order valence-corrected chi connectivity index (χ4v) is 3.63. The summed E-state index contributed by atoms with van der Waals surface area (Å²) in [5, 5.41) is 2.70. The first-order valence-corrected chi connectivity index (χ1v) is 9.34. The minimum atomic E-state index is -0.740. The third-order valence-corrected chi connectivity index (χ3v) is 5.31. The van der Waals surface area contributed by atoms with Crippen molar-refractivity contribution in [3.8, 4) is 0 Å². The molecule has 4 amide bonds. The van der Waals surface area contributed by atoms with Crippen LogP contribution < -0.4 is 5.32 Å². The highest BCUT2D eigenvalue weighted by molar-refractivity contribution is 6.31. The summed E-state index contributed by atoms with van der Waals surface area (Å²) in [5.41, 5.74) is 3.02. The molecular weight excluding hydrogens is 378 g/mol. The van der Waals surface area contributed by atoms with Gasteiger partial charge in [0.25, 0.3) is 11.8 Å². The van der Waals surface area contributed by atoms with Crippen molar-refractivity contribution in [2.75, 3.05) is 6.54 Å². The van der Waals surface area contributed by atoms with Crippen molar-refractivity contribution in [2.24, 2.45) is 0 Å². The van der Waals surface area contributed by atoms with Crippen LogP contribution in [0.2, 0.25) is 5.02 Å². The fraction of sp³-hybridized carbons (Fsp3) is 0.190. The first-order chi connectivity index (χ1) is 13.5. The second kappa shape index (κ2) is 7.48. The maximum atomic E-state index is 12.9. The van der Waals surface area contributed by atoms with Gasteiger partial charge in [0.2, 0.25) is 0 Å². The van der Waals surface area contributed by atoms with Crippen LogP contribution in [0.15, 0.2) is 60.3 Å². The number of hydrogen-bond donors (Lipinski definition) is 1. The molecular formula is C21H18ClN3O3. The van der Waals surface area contributed by atoms with E-state index in [2.05, 4.69) is 11.4 Å². The molecule has 2 aliphatic rings. The molecule has 2 aromatic carbocycles. The van der Waals surface area contributed by atoms with Gasteiger partial charge in [0.15, 0.2) is 0 Å². The van der Waals surface area contributed by atoms with Gasteiger partial charge in [0, 0.05) is 24.3 Å². The van der Waals surface area contributed by atoms with Gasteiger partial charge in [0.05, 0.1) is 6.54 Å². The topological polar surface area (TPSA) is 69.7 Å². The molecule has 0 spiro atoms. The number of rotatable bonds is 3. The zero-order chi connectivity index (χ0) is 19.7. The van der Waals surface area contributed by atoms with Crippen molar-refractivity contribution < 1.29 is 14.4 Å². The van der Waals surface area contributed by atoms with Crippen molar-refractivity contribution in [3.63, 3.8) is 0 Å². The van der Waals surface area contributed by atoms with E-state index in [1.165, 1.54) is 11.1 Å². The summed E-state index contributed by atoms with van der Waals surface area (Å²) >= 11 is 6.15. The molecule has 4 rings (SSSR count). The lowest BCUT2D eigenvalue weighted by Crippen LogP contribution is -2.54. The normalized spacial score (nSPS) is 18.3. The molecule has 7 heteroatoms. The summed E-state index contributed by atoms with van der Waals surface area (Å²) < 4.78 is 0. The van der Waals surface area contributed by atoms with Gasteiger partial charge in [-0.05, 0) is 29.2 Å². The van der Waals surface area contributed by atoms with Gasteiger partial charge in [-0.15, -0.1) is 0 Å². The van der Waals surface area contributed by atoms with E-state index in [1.807, 2.05) is 23.1 Å². The van der Waals surface area contributed by atoms with Gasteiger partial charge in [-0.25, -0.2) is 4.79 Å². The number of imide groups is 2. The maximum Gasteiger partial charge on any atom is 0.331 e. The number of carbonyl (C=O) groups is 3. The number of fused-ring (bicyclic) bond motifs is 1. The molecule has 0 bridgehead atoms. The Kier molecular flexibility index (Phi) is 4.88. The summed E-state index contributed by atoms with van der Waals surface area (Å²) in [5.74, 6) is -1.29. The Morgan fingerprint density at radius 2 is 1.71 bits per heavy atom. The number of nitrogens with zero attached hydrogens (tertiary/aromatic N) is 2. The second-order valence-electron chi connectivity index (χ2n) is 6.77. The Labute approximate surface area is 167 Å². The molecule has 1 N–H and O–H groups in total. The number of hydrogen-bond acceptors (Lipinski definition) is 4. The van der Waals surface area contributed by atoms with E-state index < -0.39 is 17.8 Å². The number of amides is 4. The lowest BCUT2D eigenvalue weighted by atomic mass is 10.00. The number of halogens is 1. The molecule has 1 saturated heterocycles. The molecule has 0 unspecified atom stereocenters. The maximum absolute atomic E-state index is 12.9. The second-order valence-corrected chi connectivity index (χ2v) is 7.18. The predicted octanol–water partition coefficient (Wildman–Crippen LogP) is 2.86. The van der Waals surface area contributed by atoms with E-state index in [9.17, 15) is 14.4 Å². The minimum absolute atomic E-state index is 0.00219. The average molecular weight is 396 g/mol. The number of benzene rings is 2. The highest BCUT2D eigenvalue weighted by Crippen LogP contribution is 2.22. The molecule has 0 aromatic heterocycles. The third kappa shape index (κ3) is 3.51. The van der Waals surface area contributed by atoms with Crippen molar-refractivity contribution in [3.05, 3.63) is 82.0 Å². The van der Waals surface area contributed by atoms with Crippen LogP contribution >= 0.6 is 11.6 Å². The summed E-state index contributed by atoms with van der Waals surface area (Å²) in [6.45, 7) is 1.30. The van der Waals surface area contributed by atoms with Gasteiger partial charge in [-0.3, -0.25) is 19.8 Å². The van der Waals surface area contributed by atoms with Gasteiger partial charge in [-0.2, -0.15) is 0 Å². The predicted molar refractivity (Wildman–Crippen MR) is 104 cm³/mol. The molecule has 28 heavy (non-hydrogen) atoms. The third-order valence-electron chi connectivity index (χ3n) is 4.94. The Morgan fingerprint density at radius 1 is 1.00 bits per heavy atom. The number of urea groups is 1. The quantitative estimate of drug-likeness (QED) is 0.641. The molecule has 2 heterocycles. The average Bonchev–Trinajstić information content (AvgIpc) is 2.69. The molecule has 6 nitrogen and oxygen atoms in total. The van der Waals surface area contributed by atoms with Crippen LogP contribution in [-0.2, 0) is 29.1 Å². The number of carbonyl (C=O) groups excluding carboxylic acids is 3. The van der Waals surface area contributed by atoms with Gasteiger partial charge < -0.3 is 4.90 Å². The van der Waals surface area contributed by atoms with E-state index in [1.54, 1.807) is 30.5 Å². The summed E-state index contributed by atoms with van der Waals surface area (Å²) in [7, 11) is 0. The molecule has 0 saturated carbocycles. The number of barbiturate groups is 1. The van der Waals surface area contributed by atoms with E-state index in [4.69, 9.17) is 11.6 Å². The fourth-order valence-electron chi connectivity index (χ4n) is 3.43. The smallest absolute Gasteiger partial charge is 0.331 e. The Morgan fingerprint density at radius 3 is 2.50 bits per heavy atom. The van der Waals surface area contributed by atoms with Crippen LogP contribution in [-0.4, -0.2) is 34.2 Å². The lowest BCUT2D eigenvalue weighted by molar-refractivity contribution is -0.130. The summed E-state index contributed by atoms with van der Waals surface area (Å²) in [4.78, 5) is 40.3. The van der Waals surface area contributed by atoms with E-state index in [-0.39, 0.29) is 12.1 Å². The monoisotopic (exact) mass is 395 g/mol. The van der Waals surface area contributed by atoms with E-state index in [0.717, 1.165) is 11.3 Å². The van der Waals surface area contributed by atoms with Crippen molar-refractivity contribution in [1.82, 2.24) is 15.1 Å². The van der Waals surface area contributed by atoms with E-state index >= 15 is 0 Å². The summed E-state index contributed by atoms with van der Waals surface area (Å²) in [6, 6.07) is 14.3. The minimum Gasteiger partial charge on any atom is -0.372 e. The zero-order valence-corrected chi connectivity index (χ0v) is 15.8.